The van der Waals surface area contributed by atoms with Crippen LogP contribution in [0, 0.1) is 0 Å². The van der Waals surface area contributed by atoms with Gasteiger partial charge in [0.1, 0.15) is 0 Å². The summed E-state index contributed by atoms with van der Waals surface area (Å²) >= 11 is 5.94. The second-order valence-electron chi connectivity index (χ2n) is 3.85. The van der Waals surface area contributed by atoms with Gasteiger partial charge in [0, 0.05) is 18.0 Å². The molecule has 14 heavy (non-hydrogen) atoms. The van der Waals surface area contributed by atoms with E-state index in [-0.39, 0.29) is 0 Å². The Morgan fingerprint density at radius 2 is 2.36 bits per heavy atom. The molecule has 4 heteroatoms. The number of rotatable bonds is 2. The molecule has 0 aliphatic carbocycles. The standard InChI is InChI=1S/C10H15ClN2O/c1-7(2)13-10(5-11)8-6-14-4-3-9(8)12-13/h7H,3-6H2,1-2H3. The lowest BCUT2D eigenvalue weighted by Gasteiger charge is -2.12. The molecule has 1 aliphatic rings. The maximum Gasteiger partial charge on any atom is 0.0753 e. The molecule has 0 atom stereocenters. The number of nitrogens with zero attached hydrogens (tertiary/aromatic N) is 2. The van der Waals surface area contributed by atoms with Crippen LogP contribution in [0.25, 0.3) is 0 Å². The van der Waals surface area contributed by atoms with Crippen molar-refractivity contribution in [3.63, 3.8) is 0 Å². The van der Waals surface area contributed by atoms with Crippen LogP contribution in [0.5, 0.6) is 0 Å². The fourth-order valence-electron chi connectivity index (χ4n) is 1.84. The Kier molecular flexibility index (Phi) is 2.79. The van der Waals surface area contributed by atoms with Crippen molar-refractivity contribution in [2.24, 2.45) is 0 Å². The highest BCUT2D eigenvalue weighted by molar-refractivity contribution is 6.17. The molecular weight excluding hydrogens is 200 g/mol. The number of ether oxygens (including phenoxy) is 1. The van der Waals surface area contributed by atoms with E-state index in [0.29, 0.717) is 18.5 Å². The number of aromatic nitrogens is 2. The molecular formula is C10H15ClN2O. The highest BCUT2D eigenvalue weighted by atomic mass is 35.5. The van der Waals surface area contributed by atoms with E-state index in [4.69, 9.17) is 16.3 Å². The molecule has 78 valence electrons. The van der Waals surface area contributed by atoms with Gasteiger partial charge in [-0.2, -0.15) is 5.10 Å². The largest absolute Gasteiger partial charge is 0.376 e. The number of hydrogen-bond acceptors (Lipinski definition) is 2. The summed E-state index contributed by atoms with van der Waals surface area (Å²) in [6, 6.07) is 0.370. The molecule has 1 aliphatic heterocycles. The summed E-state index contributed by atoms with van der Waals surface area (Å²) in [5.41, 5.74) is 3.50. The van der Waals surface area contributed by atoms with E-state index in [1.165, 1.54) is 11.3 Å². The first-order valence-electron chi connectivity index (χ1n) is 4.97. The lowest BCUT2D eigenvalue weighted by atomic mass is 10.1. The SMILES string of the molecule is CC(C)n1nc2c(c1CCl)COCC2. The van der Waals surface area contributed by atoms with Gasteiger partial charge in [-0.3, -0.25) is 4.68 Å². The van der Waals surface area contributed by atoms with Crippen molar-refractivity contribution >= 4 is 11.6 Å². The molecule has 0 amide bonds. The minimum absolute atomic E-state index is 0.370. The van der Waals surface area contributed by atoms with Crippen molar-refractivity contribution in [2.45, 2.75) is 38.8 Å². The molecule has 2 heterocycles. The fraction of sp³-hybridized carbons (Fsp3) is 0.700. The number of hydrogen-bond donors (Lipinski definition) is 0. The zero-order chi connectivity index (χ0) is 10.1. The second-order valence-corrected chi connectivity index (χ2v) is 4.11. The highest BCUT2D eigenvalue weighted by Crippen LogP contribution is 2.24. The minimum atomic E-state index is 0.370. The van der Waals surface area contributed by atoms with Crippen molar-refractivity contribution in [1.29, 1.82) is 0 Å². The normalized spacial score (nSPS) is 16.0. The molecule has 0 fully saturated rings. The smallest absolute Gasteiger partial charge is 0.0753 e. The predicted molar refractivity (Wildman–Crippen MR) is 55.5 cm³/mol. The van der Waals surface area contributed by atoms with Gasteiger partial charge in [0.2, 0.25) is 0 Å². The number of halogens is 1. The zero-order valence-electron chi connectivity index (χ0n) is 8.59. The van der Waals surface area contributed by atoms with Crippen LogP contribution in [0.15, 0.2) is 0 Å². The van der Waals surface area contributed by atoms with Crippen LogP contribution in [-0.2, 0) is 23.6 Å². The first kappa shape index (κ1) is 9.99. The van der Waals surface area contributed by atoms with Crippen LogP contribution in [0.3, 0.4) is 0 Å². The van der Waals surface area contributed by atoms with E-state index < -0.39 is 0 Å². The number of fused-ring (bicyclic) bond motifs is 1. The molecule has 0 saturated carbocycles. The van der Waals surface area contributed by atoms with Gasteiger partial charge in [0.15, 0.2) is 0 Å². The Hall–Kier alpha value is -0.540. The molecule has 0 aromatic carbocycles. The predicted octanol–water partition coefficient (Wildman–Crippen LogP) is 2.28. The van der Waals surface area contributed by atoms with Crippen molar-refractivity contribution < 1.29 is 4.74 Å². The summed E-state index contributed by atoms with van der Waals surface area (Å²) in [6.07, 6.45) is 0.916. The van der Waals surface area contributed by atoms with Gasteiger partial charge in [-0.1, -0.05) is 0 Å². The van der Waals surface area contributed by atoms with Crippen LogP contribution in [0.4, 0.5) is 0 Å². The molecule has 0 unspecified atom stereocenters. The van der Waals surface area contributed by atoms with E-state index in [9.17, 15) is 0 Å². The van der Waals surface area contributed by atoms with Gasteiger partial charge < -0.3 is 4.74 Å². The molecule has 0 N–H and O–H groups in total. The monoisotopic (exact) mass is 214 g/mol. The van der Waals surface area contributed by atoms with Crippen LogP contribution < -0.4 is 0 Å². The highest BCUT2D eigenvalue weighted by Gasteiger charge is 2.21. The molecule has 1 aromatic rings. The summed E-state index contributed by atoms with van der Waals surface area (Å²) < 4.78 is 7.44. The van der Waals surface area contributed by atoms with Crippen molar-refractivity contribution in [3.05, 3.63) is 17.0 Å². The zero-order valence-corrected chi connectivity index (χ0v) is 9.34. The third-order valence-corrected chi connectivity index (χ3v) is 2.80. The van der Waals surface area contributed by atoms with Crippen molar-refractivity contribution in [3.8, 4) is 0 Å². The molecule has 3 nitrogen and oxygen atoms in total. The average Bonchev–Trinajstić information content (AvgIpc) is 2.56. The Balaban J connectivity index is 2.46. The summed E-state index contributed by atoms with van der Waals surface area (Å²) in [4.78, 5) is 0. The fourth-order valence-corrected chi connectivity index (χ4v) is 2.12. The van der Waals surface area contributed by atoms with E-state index in [1.807, 2.05) is 4.68 Å². The Morgan fingerprint density at radius 1 is 1.57 bits per heavy atom. The first-order valence-corrected chi connectivity index (χ1v) is 5.50. The molecule has 0 radical (unpaired) electrons. The van der Waals surface area contributed by atoms with E-state index in [1.54, 1.807) is 0 Å². The van der Waals surface area contributed by atoms with Gasteiger partial charge in [-0.15, -0.1) is 11.6 Å². The molecule has 0 bridgehead atoms. The summed E-state index contributed by atoms with van der Waals surface area (Å²) in [5, 5.41) is 4.57. The number of alkyl halides is 1. The summed E-state index contributed by atoms with van der Waals surface area (Å²) in [6.45, 7) is 5.69. The van der Waals surface area contributed by atoms with Crippen LogP contribution >= 0.6 is 11.6 Å². The van der Waals surface area contributed by atoms with Gasteiger partial charge in [-0.25, -0.2) is 0 Å². The molecule has 0 saturated heterocycles. The van der Waals surface area contributed by atoms with Crippen LogP contribution in [0.1, 0.15) is 36.8 Å². The lowest BCUT2D eigenvalue weighted by Crippen LogP contribution is -2.09. The maximum atomic E-state index is 5.94. The van der Waals surface area contributed by atoms with Crippen molar-refractivity contribution in [1.82, 2.24) is 9.78 Å². The topological polar surface area (TPSA) is 27.1 Å². The summed E-state index contributed by atoms with van der Waals surface area (Å²) in [7, 11) is 0. The van der Waals surface area contributed by atoms with Gasteiger partial charge in [0.05, 0.1) is 30.5 Å². The summed E-state index contributed by atoms with van der Waals surface area (Å²) in [5.74, 6) is 0.518. The maximum absolute atomic E-state index is 5.94. The van der Waals surface area contributed by atoms with Gasteiger partial charge in [-0.05, 0) is 13.8 Å². The Morgan fingerprint density at radius 3 is 3.00 bits per heavy atom. The van der Waals surface area contributed by atoms with Gasteiger partial charge >= 0.3 is 0 Å². The van der Waals surface area contributed by atoms with E-state index in [2.05, 4.69) is 18.9 Å². The second kappa shape index (κ2) is 3.91. The quantitative estimate of drug-likeness (QED) is 0.707. The third-order valence-electron chi connectivity index (χ3n) is 2.55. The molecule has 1 aromatic heterocycles. The van der Waals surface area contributed by atoms with Crippen LogP contribution in [0.2, 0.25) is 0 Å². The molecule has 2 rings (SSSR count). The Bertz CT molecular complexity index is 333. The van der Waals surface area contributed by atoms with E-state index >= 15 is 0 Å². The minimum Gasteiger partial charge on any atom is -0.376 e. The third kappa shape index (κ3) is 1.55. The van der Waals surface area contributed by atoms with E-state index in [0.717, 1.165) is 18.7 Å². The Labute approximate surface area is 89.0 Å². The van der Waals surface area contributed by atoms with Gasteiger partial charge in [0.25, 0.3) is 0 Å². The van der Waals surface area contributed by atoms with Crippen molar-refractivity contribution in [2.75, 3.05) is 6.61 Å². The molecule has 0 spiro atoms. The lowest BCUT2D eigenvalue weighted by molar-refractivity contribution is 0.109. The first-order chi connectivity index (χ1) is 6.74. The van der Waals surface area contributed by atoms with Crippen LogP contribution in [-0.4, -0.2) is 16.4 Å². The average molecular weight is 215 g/mol.